The minimum atomic E-state index is -0.661. The van der Waals surface area contributed by atoms with Crippen molar-refractivity contribution >= 4 is 11.9 Å². The van der Waals surface area contributed by atoms with Gasteiger partial charge < -0.3 is 14.4 Å². The van der Waals surface area contributed by atoms with Crippen LogP contribution in [0.15, 0.2) is 36.4 Å². The Labute approximate surface area is 134 Å². The molecule has 5 heteroatoms. The lowest BCUT2D eigenvalue weighted by Gasteiger charge is -2.22. The van der Waals surface area contributed by atoms with Gasteiger partial charge >= 0.3 is 5.97 Å². The largest absolute Gasteiger partial charge is 0.469 e. The third-order valence-electron chi connectivity index (χ3n) is 5.15. The minimum absolute atomic E-state index is 0.0205. The van der Waals surface area contributed by atoms with E-state index in [4.69, 9.17) is 9.47 Å². The van der Waals surface area contributed by atoms with E-state index in [0.29, 0.717) is 13.1 Å². The molecule has 1 spiro atoms. The first-order chi connectivity index (χ1) is 11.0. The van der Waals surface area contributed by atoms with Crippen LogP contribution in [0.4, 0.5) is 0 Å². The molecule has 0 saturated carbocycles. The SMILES string of the molecule is COC(=O)[C@H]1[C@@H]2C=C[C@]3(CN(Cc4ccc(C)cc4)C(=O)[C@H]13)O2. The van der Waals surface area contributed by atoms with Crippen LogP contribution in [0.2, 0.25) is 0 Å². The number of ether oxygens (including phenoxy) is 2. The number of esters is 1. The van der Waals surface area contributed by atoms with Gasteiger partial charge in [0.05, 0.1) is 25.7 Å². The predicted octanol–water partition coefficient (Wildman–Crippen LogP) is 1.45. The maximum Gasteiger partial charge on any atom is 0.312 e. The minimum Gasteiger partial charge on any atom is -0.469 e. The van der Waals surface area contributed by atoms with Gasteiger partial charge in [-0.15, -0.1) is 0 Å². The summed E-state index contributed by atoms with van der Waals surface area (Å²) in [5.74, 6) is -1.37. The van der Waals surface area contributed by atoms with Gasteiger partial charge in [0.25, 0.3) is 0 Å². The van der Waals surface area contributed by atoms with Crippen molar-refractivity contribution in [3.05, 3.63) is 47.5 Å². The Morgan fingerprint density at radius 1 is 1.39 bits per heavy atom. The molecule has 0 aromatic heterocycles. The molecule has 1 aromatic rings. The zero-order valence-electron chi connectivity index (χ0n) is 13.2. The van der Waals surface area contributed by atoms with E-state index < -0.39 is 17.4 Å². The lowest BCUT2D eigenvalue weighted by Crippen LogP contribution is -2.39. The molecular weight excluding hydrogens is 294 g/mol. The standard InChI is InChI=1S/C18H19NO4/c1-11-3-5-12(6-4-11)9-19-10-18-8-7-13(23-18)14(17(21)22-2)15(18)16(19)20/h3-8,13-15H,9-10H2,1-2H3/t13-,14-,15-,18+/m0/s1. The number of rotatable bonds is 3. The predicted molar refractivity (Wildman–Crippen MR) is 82.3 cm³/mol. The number of carbonyl (C=O) groups excluding carboxylic acids is 2. The average Bonchev–Trinajstić information content (AvgIpc) is 3.18. The highest BCUT2D eigenvalue weighted by molar-refractivity contribution is 5.91. The molecule has 0 aliphatic carbocycles. The molecule has 0 radical (unpaired) electrons. The van der Waals surface area contributed by atoms with Gasteiger partial charge in [-0.05, 0) is 12.5 Å². The molecule has 3 aliphatic rings. The van der Waals surface area contributed by atoms with Gasteiger partial charge in [-0.1, -0.05) is 42.0 Å². The van der Waals surface area contributed by atoms with Crippen molar-refractivity contribution in [1.82, 2.24) is 4.90 Å². The Hall–Kier alpha value is -2.14. The molecule has 3 aliphatic heterocycles. The summed E-state index contributed by atoms with van der Waals surface area (Å²) in [6.07, 6.45) is 3.51. The lowest BCUT2D eigenvalue weighted by atomic mass is 9.77. The normalized spacial score (nSPS) is 34.1. The molecule has 2 saturated heterocycles. The van der Waals surface area contributed by atoms with Crippen LogP contribution in [0, 0.1) is 18.8 Å². The topological polar surface area (TPSA) is 55.8 Å². The van der Waals surface area contributed by atoms with Crippen molar-refractivity contribution in [3.8, 4) is 0 Å². The van der Waals surface area contributed by atoms with E-state index in [-0.39, 0.29) is 18.0 Å². The number of benzene rings is 1. The molecule has 4 rings (SSSR count). The molecule has 2 fully saturated rings. The maximum atomic E-state index is 12.9. The van der Waals surface area contributed by atoms with Crippen LogP contribution in [-0.2, 0) is 25.6 Å². The number of methoxy groups -OCH3 is 1. The number of nitrogens with zero attached hydrogens (tertiary/aromatic N) is 1. The highest BCUT2D eigenvalue weighted by Gasteiger charge is 2.67. The summed E-state index contributed by atoms with van der Waals surface area (Å²) in [7, 11) is 1.36. The van der Waals surface area contributed by atoms with Gasteiger partial charge in [0.1, 0.15) is 11.5 Å². The van der Waals surface area contributed by atoms with Crippen LogP contribution >= 0.6 is 0 Å². The third-order valence-corrected chi connectivity index (χ3v) is 5.15. The summed E-state index contributed by atoms with van der Waals surface area (Å²) in [4.78, 5) is 26.8. The van der Waals surface area contributed by atoms with Crippen LogP contribution < -0.4 is 0 Å². The summed E-state index contributed by atoms with van der Waals surface area (Å²) in [6, 6.07) is 8.13. The zero-order valence-corrected chi connectivity index (χ0v) is 13.2. The van der Waals surface area contributed by atoms with Crippen molar-refractivity contribution in [2.75, 3.05) is 13.7 Å². The molecule has 0 N–H and O–H groups in total. The van der Waals surface area contributed by atoms with Crippen LogP contribution in [0.1, 0.15) is 11.1 Å². The molecule has 0 unspecified atom stereocenters. The first-order valence-electron chi connectivity index (χ1n) is 7.83. The second-order valence-electron chi connectivity index (χ2n) is 6.60. The summed E-state index contributed by atoms with van der Waals surface area (Å²) in [5, 5.41) is 0. The smallest absolute Gasteiger partial charge is 0.312 e. The number of likely N-dealkylation sites (tertiary alicyclic amines) is 1. The molecule has 2 bridgehead atoms. The molecular formula is C18H19NO4. The van der Waals surface area contributed by atoms with E-state index in [1.165, 1.54) is 12.7 Å². The van der Waals surface area contributed by atoms with E-state index in [9.17, 15) is 9.59 Å². The van der Waals surface area contributed by atoms with Crippen molar-refractivity contribution in [2.24, 2.45) is 11.8 Å². The third kappa shape index (κ3) is 2.03. The summed E-state index contributed by atoms with van der Waals surface area (Å²) >= 11 is 0. The summed E-state index contributed by atoms with van der Waals surface area (Å²) in [5.41, 5.74) is 1.60. The highest BCUT2D eigenvalue weighted by atomic mass is 16.5. The first kappa shape index (κ1) is 14.5. The van der Waals surface area contributed by atoms with Crippen LogP contribution in [0.3, 0.4) is 0 Å². The van der Waals surface area contributed by atoms with Crippen molar-refractivity contribution in [2.45, 2.75) is 25.2 Å². The molecule has 4 atom stereocenters. The number of fused-ring (bicyclic) bond motifs is 1. The van der Waals surface area contributed by atoms with Crippen LogP contribution in [-0.4, -0.2) is 42.1 Å². The quantitative estimate of drug-likeness (QED) is 0.626. The van der Waals surface area contributed by atoms with Gasteiger partial charge in [0.2, 0.25) is 5.91 Å². The zero-order chi connectivity index (χ0) is 16.2. The number of carbonyl (C=O) groups is 2. The first-order valence-corrected chi connectivity index (χ1v) is 7.83. The Balaban J connectivity index is 1.60. The van der Waals surface area contributed by atoms with E-state index in [1.54, 1.807) is 4.90 Å². The van der Waals surface area contributed by atoms with Crippen LogP contribution in [0.5, 0.6) is 0 Å². The number of amides is 1. The van der Waals surface area contributed by atoms with Crippen LogP contribution in [0.25, 0.3) is 0 Å². The molecule has 3 heterocycles. The van der Waals surface area contributed by atoms with E-state index >= 15 is 0 Å². The highest BCUT2D eigenvalue weighted by Crippen LogP contribution is 2.52. The van der Waals surface area contributed by atoms with Gasteiger partial charge in [-0.2, -0.15) is 0 Å². The number of hydrogen-bond donors (Lipinski definition) is 0. The molecule has 1 amide bonds. The van der Waals surface area contributed by atoms with E-state index in [2.05, 4.69) is 0 Å². The van der Waals surface area contributed by atoms with Crippen molar-refractivity contribution in [3.63, 3.8) is 0 Å². The Morgan fingerprint density at radius 3 is 2.83 bits per heavy atom. The monoisotopic (exact) mass is 313 g/mol. The fourth-order valence-corrected chi connectivity index (χ4v) is 4.03. The second kappa shape index (κ2) is 4.93. The molecule has 1 aromatic carbocycles. The van der Waals surface area contributed by atoms with Gasteiger partial charge in [0.15, 0.2) is 0 Å². The van der Waals surface area contributed by atoms with Crippen molar-refractivity contribution in [1.29, 1.82) is 0 Å². The lowest BCUT2D eigenvalue weighted by molar-refractivity contribution is -0.151. The average molecular weight is 313 g/mol. The number of aryl methyl sites for hydroxylation is 1. The van der Waals surface area contributed by atoms with E-state index in [1.807, 2.05) is 43.3 Å². The van der Waals surface area contributed by atoms with E-state index in [0.717, 1.165) is 5.56 Å². The van der Waals surface area contributed by atoms with Gasteiger partial charge in [-0.25, -0.2) is 0 Å². The summed E-state index contributed by atoms with van der Waals surface area (Å²) < 4.78 is 10.9. The van der Waals surface area contributed by atoms with Gasteiger partial charge in [0, 0.05) is 6.54 Å². The summed E-state index contributed by atoms with van der Waals surface area (Å²) in [6.45, 7) is 3.06. The maximum absolute atomic E-state index is 12.9. The number of hydrogen-bond acceptors (Lipinski definition) is 4. The van der Waals surface area contributed by atoms with Crippen molar-refractivity contribution < 1.29 is 19.1 Å². The Morgan fingerprint density at radius 2 is 2.13 bits per heavy atom. The fourth-order valence-electron chi connectivity index (χ4n) is 4.03. The second-order valence-corrected chi connectivity index (χ2v) is 6.60. The Bertz CT molecular complexity index is 695. The molecule has 23 heavy (non-hydrogen) atoms. The van der Waals surface area contributed by atoms with Gasteiger partial charge in [-0.3, -0.25) is 9.59 Å². The molecule has 120 valence electrons. The molecule has 5 nitrogen and oxygen atoms in total. The fraction of sp³-hybridized carbons (Fsp3) is 0.444. The Kier molecular flexibility index (Phi) is 3.10.